The Morgan fingerprint density at radius 3 is 2.56 bits per heavy atom. The third-order valence-corrected chi connectivity index (χ3v) is 3.51. The van der Waals surface area contributed by atoms with Gasteiger partial charge in [0.2, 0.25) is 0 Å². The van der Waals surface area contributed by atoms with Gasteiger partial charge in [-0.1, -0.05) is 18.5 Å². The van der Waals surface area contributed by atoms with E-state index in [4.69, 9.17) is 11.6 Å². The normalized spacial score (nSPS) is 10.7. The molecule has 0 saturated carbocycles. The van der Waals surface area contributed by atoms with Crippen LogP contribution < -0.4 is 0 Å². The first kappa shape index (κ1) is 13.4. The molecule has 1 heterocycles. The standard InChI is InChI=1S/C13H11BrClFN2/c1-3-11-7(2)17-13(18-12(11)14)8-4-9(15)6-10(16)5-8/h4-6H,3H2,1-2H3. The van der Waals surface area contributed by atoms with Crippen molar-refractivity contribution in [3.63, 3.8) is 0 Å². The molecule has 0 saturated heterocycles. The smallest absolute Gasteiger partial charge is 0.160 e. The Labute approximate surface area is 118 Å². The quantitative estimate of drug-likeness (QED) is 0.754. The van der Waals surface area contributed by atoms with Crippen molar-refractivity contribution in [3.8, 4) is 11.4 Å². The van der Waals surface area contributed by atoms with Crippen LogP contribution in [0.25, 0.3) is 11.4 Å². The van der Waals surface area contributed by atoms with E-state index >= 15 is 0 Å². The molecule has 0 radical (unpaired) electrons. The number of aromatic nitrogens is 2. The Balaban J connectivity index is 2.58. The molecule has 0 aliphatic rings. The summed E-state index contributed by atoms with van der Waals surface area (Å²) in [5.74, 6) is 0.0763. The summed E-state index contributed by atoms with van der Waals surface area (Å²) in [6.07, 6.45) is 0.844. The van der Waals surface area contributed by atoms with Crippen molar-refractivity contribution in [1.82, 2.24) is 9.97 Å². The lowest BCUT2D eigenvalue weighted by Gasteiger charge is -2.08. The summed E-state index contributed by atoms with van der Waals surface area (Å²) in [6.45, 7) is 3.95. The second-order valence-electron chi connectivity index (χ2n) is 3.91. The lowest BCUT2D eigenvalue weighted by Crippen LogP contribution is -1.99. The van der Waals surface area contributed by atoms with Gasteiger partial charge in [0.25, 0.3) is 0 Å². The third-order valence-electron chi connectivity index (χ3n) is 2.64. The van der Waals surface area contributed by atoms with Gasteiger partial charge in [0.05, 0.1) is 0 Å². The van der Waals surface area contributed by atoms with Crippen LogP contribution in [0.5, 0.6) is 0 Å². The van der Waals surface area contributed by atoms with Gasteiger partial charge >= 0.3 is 0 Å². The molecule has 0 aliphatic heterocycles. The van der Waals surface area contributed by atoms with Crippen molar-refractivity contribution in [2.75, 3.05) is 0 Å². The Hall–Kier alpha value is -1.00. The maximum Gasteiger partial charge on any atom is 0.160 e. The Bertz CT molecular complexity index is 558. The molecule has 2 rings (SSSR count). The number of rotatable bonds is 2. The van der Waals surface area contributed by atoms with Gasteiger partial charge < -0.3 is 0 Å². The monoisotopic (exact) mass is 328 g/mol. The molecule has 0 amide bonds. The van der Waals surface area contributed by atoms with Crippen LogP contribution in [0.2, 0.25) is 5.02 Å². The summed E-state index contributed by atoms with van der Waals surface area (Å²) in [5, 5.41) is 0.335. The first-order valence-corrected chi connectivity index (χ1v) is 6.68. The zero-order chi connectivity index (χ0) is 13.3. The highest BCUT2D eigenvalue weighted by Crippen LogP contribution is 2.25. The summed E-state index contributed by atoms with van der Waals surface area (Å²) in [5.41, 5.74) is 2.52. The summed E-state index contributed by atoms with van der Waals surface area (Å²) < 4.78 is 14.1. The van der Waals surface area contributed by atoms with Crippen LogP contribution in [0.4, 0.5) is 4.39 Å². The number of aryl methyl sites for hydroxylation is 1. The maximum absolute atomic E-state index is 13.3. The first-order chi connectivity index (χ1) is 8.51. The molecule has 0 atom stereocenters. The van der Waals surface area contributed by atoms with E-state index in [9.17, 15) is 4.39 Å². The molecule has 1 aromatic heterocycles. The molecular formula is C13H11BrClFN2. The van der Waals surface area contributed by atoms with Gasteiger partial charge in [-0.05, 0) is 47.5 Å². The molecule has 1 aromatic carbocycles. The van der Waals surface area contributed by atoms with Crippen molar-refractivity contribution < 1.29 is 4.39 Å². The van der Waals surface area contributed by atoms with Crippen LogP contribution in [0, 0.1) is 12.7 Å². The third kappa shape index (κ3) is 2.70. The predicted octanol–water partition coefficient (Wildman–Crippen LogP) is 4.57. The fourth-order valence-electron chi connectivity index (χ4n) is 1.77. The summed E-state index contributed by atoms with van der Waals surface area (Å²) in [4.78, 5) is 8.73. The molecular weight excluding hydrogens is 319 g/mol. The van der Waals surface area contributed by atoms with E-state index in [0.717, 1.165) is 22.3 Å². The number of halogens is 3. The van der Waals surface area contributed by atoms with Crippen molar-refractivity contribution in [3.05, 3.63) is 44.9 Å². The highest BCUT2D eigenvalue weighted by molar-refractivity contribution is 9.10. The molecule has 0 spiro atoms. The number of nitrogens with zero attached hydrogens (tertiary/aromatic N) is 2. The zero-order valence-electron chi connectivity index (χ0n) is 9.97. The minimum Gasteiger partial charge on any atom is -0.233 e. The fraction of sp³-hybridized carbons (Fsp3) is 0.231. The molecule has 0 aliphatic carbocycles. The maximum atomic E-state index is 13.3. The fourth-order valence-corrected chi connectivity index (χ4v) is 2.73. The Kier molecular flexibility index (Phi) is 3.97. The Morgan fingerprint density at radius 2 is 2.00 bits per heavy atom. The summed E-state index contributed by atoms with van der Waals surface area (Å²) in [6, 6.07) is 4.28. The van der Waals surface area contributed by atoms with Crippen molar-refractivity contribution in [2.24, 2.45) is 0 Å². The van der Waals surface area contributed by atoms with Crippen LogP contribution in [-0.4, -0.2) is 9.97 Å². The van der Waals surface area contributed by atoms with Crippen molar-refractivity contribution in [2.45, 2.75) is 20.3 Å². The number of hydrogen-bond acceptors (Lipinski definition) is 2. The second-order valence-corrected chi connectivity index (χ2v) is 5.10. The predicted molar refractivity (Wildman–Crippen MR) is 74.3 cm³/mol. The molecule has 0 N–H and O–H groups in total. The van der Waals surface area contributed by atoms with Crippen LogP contribution in [0.3, 0.4) is 0 Å². The molecule has 0 fully saturated rings. The van der Waals surface area contributed by atoms with E-state index in [1.54, 1.807) is 6.07 Å². The molecule has 0 unspecified atom stereocenters. The van der Waals surface area contributed by atoms with Crippen LogP contribution >= 0.6 is 27.5 Å². The first-order valence-electron chi connectivity index (χ1n) is 5.50. The topological polar surface area (TPSA) is 25.8 Å². The summed E-state index contributed by atoms with van der Waals surface area (Å²) >= 11 is 9.25. The molecule has 2 nitrogen and oxygen atoms in total. The van der Waals surface area contributed by atoms with Gasteiger partial charge in [-0.2, -0.15) is 0 Å². The highest BCUT2D eigenvalue weighted by Gasteiger charge is 2.11. The second kappa shape index (κ2) is 5.33. The molecule has 0 bridgehead atoms. The van der Waals surface area contributed by atoms with Gasteiger partial charge in [-0.3, -0.25) is 0 Å². The van der Waals surface area contributed by atoms with Gasteiger partial charge in [0.15, 0.2) is 5.82 Å². The van der Waals surface area contributed by atoms with Crippen molar-refractivity contribution in [1.29, 1.82) is 0 Å². The zero-order valence-corrected chi connectivity index (χ0v) is 12.3. The minimum atomic E-state index is -0.394. The average molecular weight is 330 g/mol. The van der Waals surface area contributed by atoms with Crippen LogP contribution in [-0.2, 0) is 6.42 Å². The Morgan fingerprint density at radius 1 is 1.28 bits per heavy atom. The van der Waals surface area contributed by atoms with E-state index in [1.165, 1.54) is 12.1 Å². The van der Waals surface area contributed by atoms with Gasteiger partial charge in [0.1, 0.15) is 10.4 Å². The average Bonchev–Trinajstić information content (AvgIpc) is 2.27. The molecule has 18 heavy (non-hydrogen) atoms. The van der Waals surface area contributed by atoms with Gasteiger partial charge in [0, 0.05) is 21.8 Å². The van der Waals surface area contributed by atoms with Crippen LogP contribution in [0.15, 0.2) is 22.8 Å². The van der Waals surface area contributed by atoms with E-state index < -0.39 is 5.82 Å². The van der Waals surface area contributed by atoms with E-state index in [2.05, 4.69) is 25.9 Å². The van der Waals surface area contributed by atoms with E-state index in [0.29, 0.717) is 16.4 Å². The SMILES string of the molecule is CCc1c(C)nc(-c2cc(F)cc(Cl)c2)nc1Br. The highest BCUT2D eigenvalue weighted by atomic mass is 79.9. The van der Waals surface area contributed by atoms with Gasteiger partial charge in [-0.15, -0.1) is 0 Å². The molecule has 94 valence electrons. The van der Waals surface area contributed by atoms with Crippen LogP contribution in [0.1, 0.15) is 18.2 Å². The summed E-state index contributed by atoms with van der Waals surface area (Å²) in [7, 11) is 0. The number of hydrogen-bond donors (Lipinski definition) is 0. The largest absolute Gasteiger partial charge is 0.233 e. The molecule has 5 heteroatoms. The van der Waals surface area contributed by atoms with E-state index in [1.807, 2.05) is 13.8 Å². The van der Waals surface area contributed by atoms with Crippen molar-refractivity contribution >= 4 is 27.5 Å². The minimum absolute atomic E-state index is 0.335. The van der Waals surface area contributed by atoms with Gasteiger partial charge in [-0.25, -0.2) is 14.4 Å². The molecule has 2 aromatic rings. The lowest BCUT2D eigenvalue weighted by atomic mass is 10.1. The lowest BCUT2D eigenvalue weighted by molar-refractivity contribution is 0.628. The van der Waals surface area contributed by atoms with E-state index in [-0.39, 0.29) is 0 Å². The number of benzene rings is 1.